The van der Waals surface area contributed by atoms with Crippen molar-refractivity contribution in [3.8, 4) is 0 Å². The molecule has 0 amide bonds. The van der Waals surface area contributed by atoms with Gasteiger partial charge in [-0.25, -0.2) is 0 Å². The Morgan fingerprint density at radius 3 is 2.90 bits per heavy atom. The molecule has 3 rings (SSSR count). The molecule has 1 N–H and O–H groups in total. The van der Waals surface area contributed by atoms with Crippen LogP contribution in [-0.2, 0) is 6.42 Å². The topological polar surface area (TPSA) is 15.3 Å². The maximum Gasteiger partial charge on any atom is 0.0235 e. The van der Waals surface area contributed by atoms with E-state index in [0.29, 0.717) is 6.04 Å². The van der Waals surface area contributed by atoms with Crippen LogP contribution in [0.2, 0.25) is 0 Å². The van der Waals surface area contributed by atoms with E-state index in [-0.39, 0.29) is 0 Å². The first-order chi connectivity index (χ1) is 9.90. The maximum absolute atomic E-state index is 3.74. The minimum atomic E-state index is 0.617. The first-order valence-corrected chi connectivity index (χ1v) is 9.06. The average Bonchev–Trinajstić information content (AvgIpc) is 2.87. The lowest BCUT2D eigenvalue weighted by molar-refractivity contribution is 0.266. The van der Waals surface area contributed by atoms with Crippen molar-refractivity contribution in [2.75, 3.05) is 31.9 Å². The summed E-state index contributed by atoms with van der Waals surface area (Å²) >= 11 is 2.19. The van der Waals surface area contributed by atoms with Crippen molar-refractivity contribution in [2.45, 2.75) is 37.0 Å². The van der Waals surface area contributed by atoms with Gasteiger partial charge in [0.25, 0.3) is 0 Å². The Hall–Kier alpha value is -0.510. The van der Waals surface area contributed by atoms with Crippen molar-refractivity contribution in [3.05, 3.63) is 35.9 Å². The second kappa shape index (κ2) is 7.48. The molecule has 2 atom stereocenters. The fourth-order valence-electron chi connectivity index (χ4n) is 3.35. The van der Waals surface area contributed by atoms with E-state index >= 15 is 0 Å². The number of thioether (sulfide) groups is 1. The molecular formula is C17H26N2S. The molecule has 2 heterocycles. The second-order valence-electron chi connectivity index (χ2n) is 6.09. The predicted molar refractivity (Wildman–Crippen MR) is 88.5 cm³/mol. The standard InChI is InChI=1S/C17H26N2S/c1-2-6-15(7-3-1)12-16-13-19(10-5-9-18-16)14-17-8-4-11-20-17/h1-3,6-7,16-18H,4-5,8-14H2. The lowest BCUT2D eigenvalue weighted by atomic mass is 10.1. The van der Waals surface area contributed by atoms with Gasteiger partial charge in [-0.05, 0) is 50.1 Å². The van der Waals surface area contributed by atoms with Crippen molar-refractivity contribution in [1.82, 2.24) is 10.2 Å². The molecule has 1 aromatic rings. The summed E-state index contributed by atoms with van der Waals surface area (Å²) in [6.45, 7) is 4.96. The van der Waals surface area contributed by atoms with E-state index in [1.54, 1.807) is 0 Å². The Kier molecular flexibility index (Phi) is 5.40. The van der Waals surface area contributed by atoms with Crippen LogP contribution < -0.4 is 5.32 Å². The van der Waals surface area contributed by atoms with Crippen LogP contribution >= 0.6 is 11.8 Å². The average molecular weight is 290 g/mol. The van der Waals surface area contributed by atoms with Gasteiger partial charge in [0.1, 0.15) is 0 Å². The second-order valence-corrected chi connectivity index (χ2v) is 7.50. The molecule has 20 heavy (non-hydrogen) atoms. The molecule has 3 heteroatoms. The summed E-state index contributed by atoms with van der Waals surface area (Å²) in [6.07, 6.45) is 5.31. The first kappa shape index (κ1) is 14.4. The first-order valence-electron chi connectivity index (χ1n) is 8.01. The molecule has 0 radical (unpaired) electrons. The summed E-state index contributed by atoms with van der Waals surface area (Å²) in [5.74, 6) is 1.38. The lowest BCUT2D eigenvalue weighted by Crippen LogP contribution is -2.41. The van der Waals surface area contributed by atoms with Gasteiger partial charge in [0.15, 0.2) is 0 Å². The molecule has 2 aliphatic rings. The van der Waals surface area contributed by atoms with Crippen molar-refractivity contribution >= 4 is 11.8 Å². The molecule has 1 aromatic carbocycles. The monoisotopic (exact) mass is 290 g/mol. The van der Waals surface area contributed by atoms with E-state index < -0.39 is 0 Å². The Balaban J connectivity index is 1.54. The van der Waals surface area contributed by atoms with Gasteiger partial charge < -0.3 is 10.2 Å². The Morgan fingerprint density at radius 1 is 1.20 bits per heavy atom. The SMILES string of the molecule is c1ccc(CC2CN(CC3CCCS3)CCCN2)cc1. The highest BCUT2D eigenvalue weighted by Crippen LogP contribution is 2.27. The van der Waals surface area contributed by atoms with E-state index in [1.165, 1.54) is 56.8 Å². The molecule has 2 aliphatic heterocycles. The third-order valence-electron chi connectivity index (χ3n) is 4.37. The van der Waals surface area contributed by atoms with E-state index in [1.807, 2.05) is 0 Å². The third kappa shape index (κ3) is 4.24. The third-order valence-corrected chi connectivity index (χ3v) is 5.75. The van der Waals surface area contributed by atoms with Gasteiger partial charge in [-0.2, -0.15) is 11.8 Å². The van der Waals surface area contributed by atoms with E-state index in [2.05, 4.69) is 52.3 Å². The predicted octanol–water partition coefficient (Wildman–Crippen LogP) is 2.79. The molecule has 2 fully saturated rings. The lowest BCUT2D eigenvalue weighted by Gasteiger charge is -2.26. The van der Waals surface area contributed by atoms with Crippen molar-refractivity contribution in [3.63, 3.8) is 0 Å². The van der Waals surface area contributed by atoms with Gasteiger partial charge in [0.2, 0.25) is 0 Å². The molecule has 0 saturated carbocycles. The summed E-state index contributed by atoms with van der Waals surface area (Å²) < 4.78 is 0. The Morgan fingerprint density at radius 2 is 2.10 bits per heavy atom. The van der Waals surface area contributed by atoms with Crippen LogP contribution in [-0.4, -0.2) is 48.1 Å². The summed E-state index contributed by atoms with van der Waals surface area (Å²) in [5.41, 5.74) is 1.46. The molecule has 0 aliphatic carbocycles. The van der Waals surface area contributed by atoms with Crippen LogP contribution in [0.4, 0.5) is 0 Å². The molecule has 2 saturated heterocycles. The van der Waals surface area contributed by atoms with Crippen LogP contribution in [0.1, 0.15) is 24.8 Å². The van der Waals surface area contributed by atoms with Crippen LogP contribution in [0.15, 0.2) is 30.3 Å². The van der Waals surface area contributed by atoms with E-state index in [0.717, 1.165) is 11.7 Å². The van der Waals surface area contributed by atoms with Gasteiger partial charge in [0, 0.05) is 24.4 Å². The van der Waals surface area contributed by atoms with Crippen molar-refractivity contribution in [1.29, 1.82) is 0 Å². The molecule has 2 unspecified atom stereocenters. The highest BCUT2D eigenvalue weighted by atomic mass is 32.2. The van der Waals surface area contributed by atoms with Gasteiger partial charge >= 0.3 is 0 Å². The minimum absolute atomic E-state index is 0.617. The zero-order valence-corrected chi connectivity index (χ0v) is 13.1. The maximum atomic E-state index is 3.74. The normalized spacial score (nSPS) is 28.4. The fourth-order valence-corrected chi connectivity index (χ4v) is 4.67. The number of nitrogens with one attached hydrogen (secondary N) is 1. The highest BCUT2D eigenvalue weighted by molar-refractivity contribution is 8.00. The fraction of sp³-hybridized carbons (Fsp3) is 0.647. The van der Waals surface area contributed by atoms with E-state index in [9.17, 15) is 0 Å². The number of nitrogens with zero attached hydrogens (tertiary/aromatic N) is 1. The Bertz CT molecular complexity index is 389. The quantitative estimate of drug-likeness (QED) is 0.918. The summed E-state index contributed by atoms with van der Waals surface area (Å²) in [7, 11) is 0. The van der Waals surface area contributed by atoms with Gasteiger partial charge in [-0.1, -0.05) is 30.3 Å². The van der Waals surface area contributed by atoms with Crippen LogP contribution in [0, 0.1) is 0 Å². The van der Waals surface area contributed by atoms with Crippen molar-refractivity contribution in [2.24, 2.45) is 0 Å². The van der Waals surface area contributed by atoms with E-state index in [4.69, 9.17) is 0 Å². The molecule has 110 valence electrons. The zero-order valence-electron chi connectivity index (χ0n) is 12.3. The van der Waals surface area contributed by atoms with Crippen LogP contribution in [0.5, 0.6) is 0 Å². The summed E-state index contributed by atoms with van der Waals surface area (Å²) in [6, 6.07) is 11.5. The smallest absolute Gasteiger partial charge is 0.0235 e. The minimum Gasteiger partial charge on any atom is -0.312 e. The van der Waals surface area contributed by atoms with Crippen LogP contribution in [0.3, 0.4) is 0 Å². The summed E-state index contributed by atoms with van der Waals surface area (Å²) in [4.78, 5) is 2.70. The van der Waals surface area contributed by atoms with Crippen LogP contribution in [0.25, 0.3) is 0 Å². The molecule has 0 aromatic heterocycles. The largest absolute Gasteiger partial charge is 0.312 e. The Labute approximate surface area is 127 Å². The van der Waals surface area contributed by atoms with Gasteiger partial charge in [-0.15, -0.1) is 0 Å². The van der Waals surface area contributed by atoms with Gasteiger partial charge in [-0.3, -0.25) is 0 Å². The number of hydrogen-bond donors (Lipinski definition) is 1. The van der Waals surface area contributed by atoms with Gasteiger partial charge in [0.05, 0.1) is 0 Å². The molecule has 2 nitrogen and oxygen atoms in total. The number of rotatable bonds is 4. The molecule has 0 bridgehead atoms. The zero-order chi connectivity index (χ0) is 13.6. The molecular weight excluding hydrogens is 264 g/mol. The number of hydrogen-bond acceptors (Lipinski definition) is 3. The highest BCUT2D eigenvalue weighted by Gasteiger charge is 2.23. The summed E-state index contributed by atoms with van der Waals surface area (Å²) in [5, 5.41) is 4.63. The number of benzene rings is 1. The van der Waals surface area contributed by atoms with Crippen molar-refractivity contribution < 1.29 is 0 Å². The molecule has 0 spiro atoms.